The first-order valence-corrected chi connectivity index (χ1v) is 19.2. The van der Waals surface area contributed by atoms with Crippen molar-refractivity contribution in [2.24, 2.45) is 0 Å². The first-order chi connectivity index (χ1) is 19.0. The van der Waals surface area contributed by atoms with Crippen molar-refractivity contribution in [3.05, 3.63) is 69.8 Å². The summed E-state index contributed by atoms with van der Waals surface area (Å²) in [5, 5.41) is 1.13. The number of benzene rings is 2. The molecule has 0 unspecified atom stereocenters. The van der Waals surface area contributed by atoms with Gasteiger partial charge in [-0.3, -0.25) is 4.57 Å². The molecule has 0 aliphatic carbocycles. The van der Waals surface area contributed by atoms with E-state index in [-0.39, 0.29) is 15.7 Å². The smallest absolute Gasteiger partial charge is 0.351 e. The molecule has 4 rings (SSSR count). The molecule has 0 saturated heterocycles. The Kier molecular flexibility index (Phi) is 8.66. The molecule has 12 heteroatoms. The molecule has 220 valence electrons. The van der Waals surface area contributed by atoms with Gasteiger partial charge in [0.1, 0.15) is 28.9 Å². The minimum atomic E-state index is -3.21. The quantitative estimate of drug-likeness (QED) is 0.138. The largest absolute Gasteiger partial charge is 0.542 e. The third-order valence-electron chi connectivity index (χ3n) is 7.24. The third kappa shape index (κ3) is 6.80. The first-order valence-electron chi connectivity index (χ1n) is 13.0. The Labute approximate surface area is 251 Å². The van der Waals surface area contributed by atoms with Crippen molar-refractivity contribution in [3.8, 4) is 16.5 Å². The van der Waals surface area contributed by atoms with Crippen LogP contribution < -0.4 is 9.16 Å². The summed E-state index contributed by atoms with van der Waals surface area (Å²) in [4.78, 5) is 17.5. The molecule has 0 amide bonds. The van der Waals surface area contributed by atoms with Crippen LogP contribution in [-0.2, 0) is 20.3 Å². The zero-order chi connectivity index (χ0) is 30.3. The number of ether oxygens (including phenoxy) is 2. The van der Waals surface area contributed by atoms with Crippen molar-refractivity contribution in [1.82, 2.24) is 9.55 Å². The Bertz CT molecular complexity index is 1710. The Balaban J connectivity index is 1.70. The van der Waals surface area contributed by atoms with Crippen molar-refractivity contribution < 1.29 is 27.1 Å². The highest BCUT2D eigenvalue weighted by Gasteiger charge is 2.39. The number of sulfone groups is 1. The highest BCUT2D eigenvalue weighted by molar-refractivity contribution is 7.89. The molecule has 4 aromatic rings. The fourth-order valence-corrected chi connectivity index (χ4v) is 7.21. The van der Waals surface area contributed by atoms with Crippen LogP contribution in [-0.4, -0.2) is 45.6 Å². The molecule has 0 fully saturated rings. The summed E-state index contributed by atoms with van der Waals surface area (Å²) >= 11 is 8.03. The Hall–Kier alpha value is -2.86. The van der Waals surface area contributed by atoms with Crippen molar-refractivity contribution in [2.45, 2.75) is 57.7 Å². The molecule has 0 bridgehead atoms. The number of imidazole rings is 1. The second kappa shape index (κ2) is 11.4. The minimum absolute atomic E-state index is 0.00000206. The van der Waals surface area contributed by atoms with Gasteiger partial charge in [-0.2, -0.15) is 0 Å². The minimum Gasteiger partial charge on any atom is -0.542 e. The predicted octanol–water partition coefficient (Wildman–Crippen LogP) is 7.60. The van der Waals surface area contributed by atoms with E-state index in [1.54, 1.807) is 35.2 Å². The van der Waals surface area contributed by atoms with Gasteiger partial charge in [-0.05, 0) is 48.8 Å². The van der Waals surface area contributed by atoms with Crippen LogP contribution in [0.1, 0.15) is 54.6 Å². The number of aromatic nitrogens is 2. The predicted molar refractivity (Wildman–Crippen MR) is 167 cm³/mol. The standard InChI is InChI=1S/C29H35ClN2O6S2Si/c1-18(20-10-9-11-23(26(20)30)38-41(7,8)29(2,3)4)37-24-15-25(39-27(24)28(33)36-5)32-17-31-21-13-12-19(14-22(21)32)16-40(6,34)35/h9-15,17-18H,16H2,1-8H3/t18-/m1/s1. The molecule has 0 aliphatic heterocycles. The van der Waals surface area contributed by atoms with Gasteiger partial charge >= 0.3 is 5.97 Å². The molecule has 41 heavy (non-hydrogen) atoms. The monoisotopic (exact) mass is 634 g/mol. The van der Waals surface area contributed by atoms with Crippen LogP contribution in [0.3, 0.4) is 0 Å². The molecule has 2 heterocycles. The number of nitrogens with zero attached hydrogens (tertiary/aromatic N) is 2. The van der Waals surface area contributed by atoms with Gasteiger partial charge in [-0.25, -0.2) is 18.2 Å². The molecule has 0 saturated carbocycles. The lowest BCUT2D eigenvalue weighted by Gasteiger charge is -2.37. The number of carbonyl (C=O) groups is 1. The molecule has 0 spiro atoms. The lowest BCUT2D eigenvalue weighted by atomic mass is 10.1. The zero-order valence-corrected chi connectivity index (χ0v) is 27.8. The number of esters is 1. The Morgan fingerprint density at radius 3 is 2.49 bits per heavy atom. The fraction of sp³-hybridized carbons (Fsp3) is 0.379. The topological polar surface area (TPSA) is 96.7 Å². The summed E-state index contributed by atoms with van der Waals surface area (Å²) < 4.78 is 43.4. The van der Waals surface area contributed by atoms with Crippen molar-refractivity contribution >= 4 is 58.1 Å². The van der Waals surface area contributed by atoms with Crippen LogP contribution in [0.25, 0.3) is 16.0 Å². The highest BCUT2D eigenvalue weighted by Crippen LogP contribution is 2.42. The van der Waals surface area contributed by atoms with E-state index in [0.717, 1.165) is 5.56 Å². The van der Waals surface area contributed by atoms with Gasteiger partial charge in [0.25, 0.3) is 8.32 Å². The maximum atomic E-state index is 12.8. The van der Waals surface area contributed by atoms with Crippen LogP contribution in [0.2, 0.25) is 23.2 Å². The van der Waals surface area contributed by atoms with Gasteiger partial charge in [0.05, 0.1) is 28.9 Å². The van der Waals surface area contributed by atoms with Crippen molar-refractivity contribution in [2.75, 3.05) is 13.4 Å². The average molecular weight is 635 g/mol. The number of methoxy groups -OCH3 is 1. The molecule has 1 atom stereocenters. The van der Waals surface area contributed by atoms with E-state index in [1.807, 2.05) is 25.1 Å². The van der Waals surface area contributed by atoms with Gasteiger partial charge in [0, 0.05) is 17.9 Å². The number of thiophene rings is 1. The molecule has 2 aromatic carbocycles. The normalized spacial score (nSPS) is 13.3. The third-order valence-corrected chi connectivity index (χ3v) is 13.9. The van der Waals surface area contributed by atoms with Crippen LogP contribution in [0.5, 0.6) is 11.5 Å². The molecular weight excluding hydrogens is 600 g/mol. The van der Waals surface area contributed by atoms with Crippen LogP contribution in [0.4, 0.5) is 0 Å². The van der Waals surface area contributed by atoms with E-state index in [1.165, 1.54) is 24.7 Å². The van der Waals surface area contributed by atoms with Gasteiger partial charge in [-0.1, -0.05) is 50.6 Å². The highest BCUT2D eigenvalue weighted by atomic mass is 35.5. The molecule has 0 radical (unpaired) electrons. The molecule has 0 aliphatic rings. The van der Waals surface area contributed by atoms with E-state index >= 15 is 0 Å². The second-order valence-corrected chi connectivity index (χ2v) is 19.8. The number of carbonyl (C=O) groups excluding carboxylic acids is 1. The second-order valence-electron chi connectivity index (χ2n) is 11.6. The average Bonchev–Trinajstić information content (AvgIpc) is 3.46. The summed E-state index contributed by atoms with van der Waals surface area (Å²) in [5.74, 6) is 0.328. The fourth-order valence-electron chi connectivity index (χ4n) is 4.03. The van der Waals surface area contributed by atoms with Crippen LogP contribution in [0, 0.1) is 0 Å². The van der Waals surface area contributed by atoms with E-state index in [0.29, 0.717) is 38.1 Å². The summed E-state index contributed by atoms with van der Waals surface area (Å²) in [7, 11) is -4.03. The maximum absolute atomic E-state index is 12.8. The van der Waals surface area contributed by atoms with Crippen molar-refractivity contribution in [1.29, 1.82) is 0 Å². The molecule has 0 N–H and O–H groups in total. The summed E-state index contributed by atoms with van der Waals surface area (Å²) in [6.07, 6.45) is 2.31. The van der Waals surface area contributed by atoms with Crippen LogP contribution in [0.15, 0.2) is 48.8 Å². The SMILES string of the molecule is COC(=O)c1sc(-n2cnc3ccc(CS(C)(=O)=O)cc32)cc1O[C@H](C)c1cccc(O[Si](C)(C)C(C)(C)C)c1Cl. The lowest BCUT2D eigenvalue weighted by molar-refractivity contribution is 0.0600. The number of rotatable bonds is 9. The summed E-state index contributed by atoms with van der Waals surface area (Å²) in [5.41, 5.74) is 2.77. The number of fused-ring (bicyclic) bond motifs is 1. The van der Waals surface area contributed by atoms with E-state index in [2.05, 4.69) is 38.8 Å². The Morgan fingerprint density at radius 2 is 1.85 bits per heavy atom. The van der Waals surface area contributed by atoms with Crippen molar-refractivity contribution in [3.63, 3.8) is 0 Å². The maximum Gasteiger partial charge on any atom is 0.351 e. The van der Waals surface area contributed by atoms with Gasteiger partial charge < -0.3 is 13.9 Å². The molecule has 8 nitrogen and oxygen atoms in total. The summed E-state index contributed by atoms with van der Waals surface area (Å²) in [6.45, 7) is 12.7. The van der Waals surface area contributed by atoms with Gasteiger partial charge in [0.2, 0.25) is 0 Å². The first kappa shape index (κ1) is 31.1. The number of hydrogen-bond donors (Lipinski definition) is 0. The van der Waals surface area contributed by atoms with E-state index in [9.17, 15) is 13.2 Å². The van der Waals surface area contributed by atoms with Gasteiger partial charge in [0.15, 0.2) is 14.7 Å². The lowest BCUT2D eigenvalue weighted by Crippen LogP contribution is -2.44. The van der Waals surface area contributed by atoms with Gasteiger partial charge in [-0.15, -0.1) is 11.3 Å². The Morgan fingerprint density at radius 1 is 1.15 bits per heavy atom. The molecule has 2 aromatic heterocycles. The summed E-state index contributed by atoms with van der Waals surface area (Å²) in [6, 6.07) is 12.7. The molecular formula is C29H35ClN2O6S2Si. The van der Waals surface area contributed by atoms with Crippen LogP contribution >= 0.6 is 22.9 Å². The number of hydrogen-bond acceptors (Lipinski definition) is 8. The van der Waals surface area contributed by atoms with E-state index < -0.39 is 30.2 Å². The van der Waals surface area contributed by atoms with E-state index in [4.69, 9.17) is 25.5 Å². The number of halogens is 1. The zero-order valence-electron chi connectivity index (χ0n) is 24.4.